The maximum absolute atomic E-state index is 11.9. The topological polar surface area (TPSA) is 92.4 Å². The van der Waals surface area contributed by atoms with E-state index >= 15 is 0 Å². The lowest BCUT2D eigenvalue weighted by Crippen LogP contribution is -2.40. The Balaban J connectivity index is 1.54. The zero-order chi connectivity index (χ0) is 16.7. The van der Waals surface area contributed by atoms with Crippen molar-refractivity contribution in [1.82, 2.24) is 24.9 Å². The number of pyridine rings is 1. The highest BCUT2D eigenvalue weighted by molar-refractivity contribution is 6.02. The van der Waals surface area contributed by atoms with Crippen molar-refractivity contribution in [3.63, 3.8) is 0 Å². The van der Waals surface area contributed by atoms with E-state index in [4.69, 9.17) is 4.52 Å². The van der Waals surface area contributed by atoms with Crippen LogP contribution in [0.2, 0.25) is 0 Å². The quantitative estimate of drug-likeness (QED) is 0.777. The Bertz CT molecular complexity index is 759. The predicted molar refractivity (Wildman–Crippen MR) is 82.4 cm³/mol. The first-order valence-electron chi connectivity index (χ1n) is 7.92. The van der Waals surface area contributed by atoms with Crippen LogP contribution in [0.3, 0.4) is 0 Å². The van der Waals surface area contributed by atoms with Crippen molar-refractivity contribution in [2.75, 3.05) is 13.6 Å². The summed E-state index contributed by atoms with van der Waals surface area (Å²) in [5.41, 5.74) is 0.787. The van der Waals surface area contributed by atoms with Crippen LogP contribution in [0, 0.1) is 0 Å². The smallest absolute Gasteiger partial charge is 0.244 e. The molecule has 4 heterocycles. The van der Waals surface area contributed by atoms with Gasteiger partial charge in [-0.15, -0.1) is 0 Å². The fourth-order valence-corrected chi connectivity index (χ4v) is 3.43. The van der Waals surface area contributed by atoms with Crippen LogP contribution in [0.5, 0.6) is 0 Å². The minimum absolute atomic E-state index is 0.0828. The van der Waals surface area contributed by atoms with Crippen LogP contribution in [0.4, 0.5) is 0 Å². The number of amides is 2. The summed E-state index contributed by atoms with van der Waals surface area (Å²) in [6.07, 6.45) is 4.61. The van der Waals surface area contributed by atoms with Crippen LogP contribution in [0.15, 0.2) is 29.0 Å². The molecule has 2 aliphatic rings. The summed E-state index contributed by atoms with van der Waals surface area (Å²) in [5.74, 6) is 0.822. The predicted octanol–water partition coefficient (Wildman–Crippen LogP) is 1.03. The number of imide groups is 1. The average Bonchev–Trinajstić information content (AvgIpc) is 3.28. The van der Waals surface area contributed by atoms with E-state index in [1.807, 2.05) is 24.1 Å². The first kappa shape index (κ1) is 14.9. The molecule has 2 aromatic heterocycles. The maximum atomic E-state index is 11.9. The number of aromatic nitrogens is 3. The largest absolute Gasteiger partial charge is 0.337 e. The van der Waals surface area contributed by atoms with Gasteiger partial charge in [-0.3, -0.25) is 24.4 Å². The fourth-order valence-electron chi connectivity index (χ4n) is 3.43. The van der Waals surface area contributed by atoms with E-state index in [-0.39, 0.29) is 23.9 Å². The van der Waals surface area contributed by atoms with Crippen molar-refractivity contribution >= 4 is 11.8 Å². The minimum atomic E-state index is -0.128. The first-order chi connectivity index (χ1) is 11.6. The molecule has 2 saturated heterocycles. The van der Waals surface area contributed by atoms with Gasteiger partial charge >= 0.3 is 0 Å². The highest BCUT2D eigenvalue weighted by Gasteiger charge is 2.43. The number of likely N-dealkylation sites (tertiary alicyclic amines) is 2. The van der Waals surface area contributed by atoms with Crippen LogP contribution in [-0.4, -0.2) is 56.4 Å². The molecule has 8 nitrogen and oxygen atoms in total. The van der Waals surface area contributed by atoms with E-state index in [9.17, 15) is 9.59 Å². The third-order valence-corrected chi connectivity index (χ3v) is 4.63. The van der Waals surface area contributed by atoms with Crippen molar-refractivity contribution in [1.29, 1.82) is 0 Å². The van der Waals surface area contributed by atoms with E-state index in [1.54, 1.807) is 12.4 Å². The van der Waals surface area contributed by atoms with Crippen LogP contribution in [0.1, 0.15) is 31.2 Å². The fraction of sp³-hybridized carbons (Fsp3) is 0.438. The van der Waals surface area contributed by atoms with E-state index in [0.717, 1.165) is 5.56 Å². The Morgan fingerprint density at radius 1 is 1.25 bits per heavy atom. The molecule has 8 heteroatoms. The van der Waals surface area contributed by atoms with Gasteiger partial charge in [0.05, 0.1) is 12.1 Å². The molecule has 2 amide bonds. The average molecular weight is 327 g/mol. The second-order valence-electron chi connectivity index (χ2n) is 6.20. The molecule has 2 atom stereocenters. The molecule has 0 unspecified atom stereocenters. The summed E-state index contributed by atoms with van der Waals surface area (Å²) in [4.78, 5) is 35.8. The Morgan fingerprint density at radius 3 is 2.75 bits per heavy atom. The second kappa shape index (κ2) is 5.79. The number of carbonyl (C=O) groups excluding carboxylic acids is 2. The normalized spacial score (nSPS) is 25.0. The monoisotopic (exact) mass is 327 g/mol. The van der Waals surface area contributed by atoms with Gasteiger partial charge in [0.15, 0.2) is 0 Å². The van der Waals surface area contributed by atoms with Crippen molar-refractivity contribution in [2.45, 2.75) is 31.3 Å². The molecule has 2 aromatic rings. The number of nitrogens with zero attached hydrogens (tertiary/aromatic N) is 5. The molecule has 4 rings (SSSR count). The number of carbonyl (C=O) groups is 2. The molecule has 0 bridgehead atoms. The Hall–Kier alpha value is -2.61. The van der Waals surface area contributed by atoms with Gasteiger partial charge in [0, 0.05) is 37.3 Å². The van der Waals surface area contributed by atoms with Crippen molar-refractivity contribution < 1.29 is 14.1 Å². The maximum Gasteiger partial charge on any atom is 0.244 e. The van der Waals surface area contributed by atoms with Crippen molar-refractivity contribution in [3.05, 3.63) is 30.4 Å². The second-order valence-corrected chi connectivity index (χ2v) is 6.20. The van der Waals surface area contributed by atoms with E-state index < -0.39 is 0 Å². The van der Waals surface area contributed by atoms with Gasteiger partial charge < -0.3 is 4.52 Å². The minimum Gasteiger partial charge on any atom is -0.337 e. The van der Waals surface area contributed by atoms with E-state index in [2.05, 4.69) is 15.1 Å². The molecular weight excluding hydrogens is 310 g/mol. The summed E-state index contributed by atoms with van der Waals surface area (Å²) in [5, 5.41) is 4.02. The third-order valence-electron chi connectivity index (χ3n) is 4.63. The van der Waals surface area contributed by atoms with Crippen LogP contribution < -0.4 is 0 Å². The summed E-state index contributed by atoms with van der Waals surface area (Å²) in [7, 11) is 1.93. The molecule has 0 saturated carbocycles. The number of hydrogen-bond donors (Lipinski definition) is 0. The van der Waals surface area contributed by atoms with Crippen molar-refractivity contribution in [3.8, 4) is 11.4 Å². The zero-order valence-electron chi connectivity index (χ0n) is 13.3. The van der Waals surface area contributed by atoms with Crippen LogP contribution in [-0.2, 0) is 9.59 Å². The molecule has 2 fully saturated rings. The number of hydrogen-bond acceptors (Lipinski definition) is 7. The van der Waals surface area contributed by atoms with Gasteiger partial charge in [0.2, 0.25) is 23.5 Å². The zero-order valence-corrected chi connectivity index (χ0v) is 13.3. The lowest BCUT2D eigenvalue weighted by atomic mass is 10.1. The summed E-state index contributed by atoms with van der Waals surface area (Å²) >= 11 is 0. The van der Waals surface area contributed by atoms with E-state index in [0.29, 0.717) is 37.5 Å². The lowest BCUT2D eigenvalue weighted by molar-refractivity contribution is -0.140. The van der Waals surface area contributed by atoms with Crippen LogP contribution in [0.25, 0.3) is 11.4 Å². The highest BCUT2D eigenvalue weighted by atomic mass is 16.5. The third kappa shape index (κ3) is 2.48. The first-order valence-corrected chi connectivity index (χ1v) is 7.92. The van der Waals surface area contributed by atoms with Gasteiger partial charge in [-0.25, -0.2) is 0 Å². The van der Waals surface area contributed by atoms with E-state index in [1.165, 1.54) is 4.90 Å². The lowest BCUT2D eigenvalue weighted by Gasteiger charge is -2.21. The number of likely N-dealkylation sites (N-methyl/N-ethyl adjacent to an activating group) is 1. The number of rotatable bonds is 3. The standard InChI is InChI=1S/C16H17N5O3/c1-20-9-11(21-13(22)4-5-14(21)23)7-12(20)16-18-15(19-24-16)10-3-2-6-17-8-10/h2-3,6,8,11-12H,4-5,7,9H2,1H3/t11-,12-/m0/s1. The SMILES string of the molecule is CN1C[C@@H](N2C(=O)CCC2=O)C[C@H]1c1nc(-c2cccnc2)no1. The molecule has 24 heavy (non-hydrogen) atoms. The van der Waals surface area contributed by atoms with Gasteiger partial charge in [0.25, 0.3) is 0 Å². The summed E-state index contributed by atoms with van der Waals surface area (Å²) in [6.45, 7) is 0.618. The van der Waals surface area contributed by atoms with Crippen molar-refractivity contribution in [2.24, 2.45) is 0 Å². The molecule has 0 aromatic carbocycles. The Labute approximate surface area is 138 Å². The Morgan fingerprint density at radius 2 is 2.04 bits per heavy atom. The molecule has 0 N–H and O–H groups in total. The highest BCUT2D eigenvalue weighted by Crippen LogP contribution is 2.34. The molecule has 0 spiro atoms. The van der Waals surface area contributed by atoms with Gasteiger partial charge in [-0.2, -0.15) is 4.98 Å². The Kier molecular flexibility index (Phi) is 3.61. The van der Waals surface area contributed by atoms with Gasteiger partial charge in [-0.1, -0.05) is 5.16 Å². The molecule has 0 radical (unpaired) electrons. The van der Waals surface area contributed by atoms with Gasteiger partial charge in [-0.05, 0) is 25.6 Å². The molecule has 2 aliphatic heterocycles. The molecular formula is C16H17N5O3. The molecule has 124 valence electrons. The van der Waals surface area contributed by atoms with Gasteiger partial charge in [0.1, 0.15) is 0 Å². The molecule has 0 aliphatic carbocycles. The summed E-state index contributed by atoms with van der Waals surface area (Å²) < 4.78 is 5.42. The summed E-state index contributed by atoms with van der Waals surface area (Å²) in [6, 6.07) is 3.45. The van der Waals surface area contributed by atoms with Crippen LogP contribution >= 0.6 is 0 Å².